The Morgan fingerprint density at radius 1 is 1.08 bits per heavy atom. The summed E-state index contributed by atoms with van der Waals surface area (Å²) in [6.45, 7) is 0. The van der Waals surface area contributed by atoms with Crippen molar-refractivity contribution in [3.05, 3.63) is 66.4 Å². The SMILES string of the molecule is c1ccc2c(c1)CCC[C@@H]2Nc1nc(-n2cncn2)nc2cccnc12. The van der Waals surface area contributed by atoms with Crippen LogP contribution in [0.4, 0.5) is 5.82 Å². The first-order valence-corrected chi connectivity index (χ1v) is 8.70. The van der Waals surface area contributed by atoms with E-state index >= 15 is 0 Å². The monoisotopic (exact) mass is 343 g/mol. The number of nitrogens with one attached hydrogen (secondary N) is 1. The Kier molecular flexibility index (Phi) is 3.55. The molecule has 0 amide bonds. The maximum Gasteiger partial charge on any atom is 0.254 e. The van der Waals surface area contributed by atoms with Crippen LogP contribution in [0, 0.1) is 0 Å². The summed E-state index contributed by atoms with van der Waals surface area (Å²) in [6, 6.07) is 12.6. The van der Waals surface area contributed by atoms with Crippen LogP contribution in [0.2, 0.25) is 0 Å². The van der Waals surface area contributed by atoms with E-state index in [1.54, 1.807) is 17.2 Å². The van der Waals surface area contributed by atoms with E-state index in [9.17, 15) is 0 Å². The number of nitrogens with zero attached hydrogens (tertiary/aromatic N) is 6. The third kappa shape index (κ3) is 2.57. The molecule has 0 bridgehead atoms. The Morgan fingerprint density at radius 2 is 2.04 bits per heavy atom. The molecule has 5 rings (SSSR count). The van der Waals surface area contributed by atoms with Gasteiger partial charge in [-0.15, -0.1) is 0 Å². The Balaban J connectivity index is 1.61. The maximum atomic E-state index is 4.69. The molecule has 1 aromatic carbocycles. The second kappa shape index (κ2) is 6.18. The van der Waals surface area contributed by atoms with Crippen molar-refractivity contribution in [1.82, 2.24) is 29.7 Å². The Morgan fingerprint density at radius 3 is 2.96 bits per heavy atom. The number of aryl methyl sites for hydroxylation is 1. The third-order valence-electron chi connectivity index (χ3n) is 4.75. The zero-order chi connectivity index (χ0) is 17.3. The van der Waals surface area contributed by atoms with E-state index in [0.29, 0.717) is 5.95 Å². The molecule has 1 N–H and O–H groups in total. The lowest BCUT2D eigenvalue weighted by Gasteiger charge is -2.27. The highest BCUT2D eigenvalue weighted by molar-refractivity contribution is 5.85. The fourth-order valence-electron chi connectivity index (χ4n) is 3.54. The molecular weight excluding hydrogens is 326 g/mol. The van der Waals surface area contributed by atoms with Gasteiger partial charge in [0.05, 0.1) is 11.6 Å². The van der Waals surface area contributed by atoms with Crippen molar-refractivity contribution in [2.45, 2.75) is 25.3 Å². The zero-order valence-electron chi connectivity index (χ0n) is 14.1. The molecule has 128 valence electrons. The highest BCUT2D eigenvalue weighted by Gasteiger charge is 2.21. The second-order valence-electron chi connectivity index (χ2n) is 6.37. The van der Waals surface area contributed by atoms with Crippen LogP contribution in [0.3, 0.4) is 0 Å². The van der Waals surface area contributed by atoms with Crippen molar-refractivity contribution in [3.8, 4) is 5.95 Å². The Hall–Kier alpha value is -3.35. The van der Waals surface area contributed by atoms with Crippen LogP contribution in [0.1, 0.15) is 30.0 Å². The lowest BCUT2D eigenvalue weighted by atomic mass is 9.88. The van der Waals surface area contributed by atoms with E-state index in [-0.39, 0.29) is 6.04 Å². The largest absolute Gasteiger partial charge is 0.361 e. The lowest BCUT2D eigenvalue weighted by molar-refractivity contribution is 0.598. The van der Waals surface area contributed by atoms with Crippen molar-refractivity contribution in [2.24, 2.45) is 0 Å². The van der Waals surface area contributed by atoms with Gasteiger partial charge in [0.25, 0.3) is 5.95 Å². The summed E-state index contributed by atoms with van der Waals surface area (Å²) >= 11 is 0. The van der Waals surface area contributed by atoms with Gasteiger partial charge in [-0.2, -0.15) is 14.8 Å². The molecule has 1 aliphatic rings. The van der Waals surface area contributed by atoms with Gasteiger partial charge < -0.3 is 5.32 Å². The molecule has 3 heterocycles. The number of hydrogen-bond donors (Lipinski definition) is 1. The second-order valence-corrected chi connectivity index (χ2v) is 6.37. The minimum Gasteiger partial charge on any atom is -0.361 e. The highest BCUT2D eigenvalue weighted by Crippen LogP contribution is 2.33. The highest BCUT2D eigenvalue weighted by atomic mass is 15.4. The van der Waals surface area contributed by atoms with Crippen LogP contribution >= 0.6 is 0 Å². The number of fused-ring (bicyclic) bond motifs is 2. The first-order chi connectivity index (χ1) is 12.9. The number of hydrogen-bond acceptors (Lipinski definition) is 6. The minimum absolute atomic E-state index is 0.212. The van der Waals surface area contributed by atoms with Crippen LogP contribution in [0.15, 0.2) is 55.2 Å². The van der Waals surface area contributed by atoms with Crippen molar-refractivity contribution < 1.29 is 0 Å². The van der Waals surface area contributed by atoms with E-state index in [0.717, 1.165) is 36.1 Å². The molecule has 7 nitrogen and oxygen atoms in total. The standard InChI is InChI=1S/C19H17N7/c1-2-7-14-13(5-1)6-3-8-15(14)23-18-17-16(9-4-10-21-17)24-19(25-18)26-12-20-11-22-26/h1-2,4-5,7,9-12,15H,3,6,8H2,(H,23,24,25)/t15-/m0/s1. The molecule has 0 spiro atoms. The molecule has 0 unspecified atom stereocenters. The van der Waals surface area contributed by atoms with E-state index in [1.807, 2.05) is 12.1 Å². The molecular formula is C19H17N7. The molecule has 0 fully saturated rings. The first-order valence-electron chi connectivity index (χ1n) is 8.70. The van der Waals surface area contributed by atoms with Crippen molar-refractivity contribution in [2.75, 3.05) is 5.32 Å². The molecule has 3 aromatic heterocycles. The summed E-state index contributed by atoms with van der Waals surface area (Å²) < 4.78 is 1.56. The van der Waals surface area contributed by atoms with Gasteiger partial charge in [-0.1, -0.05) is 24.3 Å². The van der Waals surface area contributed by atoms with Crippen LogP contribution in [-0.2, 0) is 6.42 Å². The quantitative estimate of drug-likeness (QED) is 0.615. The average molecular weight is 343 g/mol. The summed E-state index contributed by atoms with van der Waals surface area (Å²) in [4.78, 5) is 17.7. The Bertz CT molecular complexity index is 1060. The summed E-state index contributed by atoms with van der Waals surface area (Å²) in [5, 5.41) is 7.76. The van der Waals surface area contributed by atoms with Crippen LogP contribution in [-0.4, -0.2) is 29.7 Å². The summed E-state index contributed by atoms with van der Waals surface area (Å²) in [5.41, 5.74) is 4.28. The number of anilines is 1. The van der Waals surface area contributed by atoms with E-state index in [4.69, 9.17) is 0 Å². The minimum atomic E-state index is 0.212. The summed E-state index contributed by atoms with van der Waals surface area (Å²) in [5.74, 6) is 1.21. The number of pyridine rings is 1. The van der Waals surface area contributed by atoms with Crippen molar-refractivity contribution in [1.29, 1.82) is 0 Å². The van der Waals surface area contributed by atoms with Crippen molar-refractivity contribution in [3.63, 3.8) is 0 Å². The van der Waals surface area contributed by atoms with Gasteiger partial charge in [0.1, 0.15) is 18.2 Å². The van der Waals surface area contributed by atoms with Gasteiger partial charge >= 0.3 is 0 Å². The Labute approximate surface area is 150 Å². The van der Waals surface area contributed by atoms with Gasteiger partial charge in [-0.05, 0) is 42.5 Å². The number of aromatic nitrogens is 6. The smallest absolute Gasteiger partial charge is 0.254 e. The van der Waals surface area contributed by atoms with Gasteiger partial charge in [-0.25, -0.2) is 9.97 Å². The van der Waals surface area contributed by atoms with Gasteiger partial charge in [0.15, 0.2) is 5.82 Å². The first kappa shape index (κ1) is 14.9. The van der Waals surface area contributed by atoms with Crippen LogP contribution in [0.5, 0.6) is 0 Å². The molecule has 7 heteroatoms. The molecule has 0 saturated carbocycles. The summed E-state index contributed by atoms with van der Waals surface area (Å²) in [6.07, 6.45) is 8.18. The van der Waals surface area contributed by atoms with E-state index in [1.165, 1.54) is 17.5 Å². The van der Waals surface area contributed by atoms with Crippen molar-refractivity contribution >= 4 is 16.9 Å². The topological polar surface area (TPSA) is 81.4 Å². The fourth-order valence-corrected chi connectivity index (χ4v) is 3.54. The molecule has 1 atom stereocenters. The lowest BCUT2D eigenvalue weighted by Crippen LogP contribution is -2.19. The molecule has 0 saturated heterocycles. The predicted molar refractivity (Wildman–Crippen MR) is 98.0 cm³/mol. The summed E-state index contributed by atoms with van der Waals surface area (Å²) in [7, 11) is 0. The van der Waals surface area contributed by atoms with Gasteiger partial charge in [0.2, 0.25) is 0 Å². The van der Waals surface area contributed by atoms with Gasteiger partial charge in [0, 0.05) is 6.20 Å². The van der Waals surface area contributed by atoms with Gasteiger partial charge in [-0.3, -0.25) is 4.98 Å². The molecule has 1 aliphatic carbocycles. The number of rotatable bonds is 3. The predicted octanol–water partition coefficient (Wildman–Crippen LogP) is 3.10. The number of benzene rings is 1. The molecule has 0 aliphatic heterocycles. The fraction of sp³-hybridized carbons (Fsp3) is 0.211. The molecule has 4 aromatic rings. The van der Waals surface area contributed by atoms with E-state index in [2.05, 4.69) is 54.6 Å². The van der Waals surface area contributed by atoms with E-state index < -0.39 is 0 Å². The van der Waals surface area contributed by atoms with Crippen LogP contribution < -0.4 is 5.32 Å². The molecule has 26 heavy (non-hydrogen) atoms. The average Bonchev–Trinajstić information content (AvgIpc) is 3.23. The normalized spacial score (nSPS) is 16.4. The third-order valence-corrected chi connectivity index (χ3v) is 4.75. The maximum absolute atomic E-state index is 4.69. The zero-order valence-corrected chi connectivity index (χ0v) is 14.1. The van der Waals surface area contributed by atoms with Crippen LogP contribution in [0.25, 0.3) is 17.0 Å². The molecule has 0 radical (unpaired) electrons.